The van der Waals surface area contributed by atoms with Gasteiger partial charge in [-0.3, -0.25) is 10.2 Å². The van der Waals surface area contributed by atoms with Crippen molar-refractivity contribution >= 4 is 33.6 Å². The molecule has 29 heavy (non-hydrogen) atoms. The fraction of sp³-hybridized carbons (Fsp3) is 0.318. The smallest absolute Gasteiger partial charge is 0.341 e. The number of carbonyl (C=O) groups is 2. The Hall–Kier alpha value is -2.67. The Morgan fingerprint density at radius 2 is 1.79 bits per heavy atom. The number of benzene rings is 2. The van der Waals surface area contributed by atoms with Gasteiger partial charge in [-0.15, -0.1) is 0 Å². The number of nitrogens with one attached hydrogen (secondary N) is 2. The van der Waals surface area contributed by atoms with Gasteiger partial charge in [0.2, 0.25) is 0 Å². The minimum atomic E-state index is -1.13. The van der Waals surface area contributed by atoms with E-state index in [1.54, 1.807) is 18.2 Å². The van der Waals surface area contributed by atoms with Gasteiger partial charge in [-0.1, -0.05) is 65.5 Å². The number of ether oxygens (including phenoxy) is 1. The predicted octanol–water partition coefficient (Wildman–Crippen LogP) is 4.52. The summed E-state index contributed by atoms with van der Waals surface area (Å²) < 4.78 is 5.92. The lowest BCUT2D eigenvalue weighted by Gasteiger charge is -2.38. The van der Waals surface area contributed by atoms with Crippen LogP contribution >= 0.6 is 15.9 Å². The molecule has 3 rings (SSSR count). The third-order valence-electron chi connectivity index (χ3n) is 5.29. The first-order valence-electron chi connectivity index (χ1n) is 9.52. The summed E-state index contributed by atoms with van der Waals surface area (Å²) in [5, 5.41) is 20.4. The molecule has 6 nitrogen and oxygen atoms in total. The van der Waals surface area contributed by atoms with Crippen molar-refractivity contribution < 1.29 is 19.4 Å². The molecular weight excluding hydrogens is 436 g/mol. The van der Waals surface area contributed by atoms with Gasteiger partial charge in [0.05, 0.1) is 11.0 Å². The lowest BCUT2D eigenvalue weighted by atomic mass is 9.68. The van der Waals surface area contributed by atoms with E-state index in [1.165, 1.54) is 0 Å². The van der Waals surface area contributed by atoms with E-state index in [9.17, 15) is 9.59 Å². The van der Waals surface area contributed by atoms with E-state index in [0.29, 0.717) is 4.47 Å². The Morgan fingerprint density at radius 3 is 2.45 bits per heavy atom. The molecule has 7 heteroatoms. The molecule has 2 aromatic rings. The molecule has 1 aliphatic rings. The summed E-state index contributed by atoms with van der Waals surface area (Å²) in [5.74, 6) is -1.29. The molecule has 0 bridgehead atoms. The number of halogens is 1. The molecule has 1 aliphatic carbocycles. The van der Waals surface area contributed by atoms with Crippen LogP contribution in [0.5, 0.6) is 5.75 Å². The second kappa shape index (κ2) is 9.22. The van der Waals surface area contributed by atoms with Crippen molar-refractivity contribution in [3.05, 3.63) is 64.1 Å². The number of hydrogen-bond donors (Lipinski definition) is 3. The maximum Gasteiger partial charge on any atom is 0.341 e. The number of carbonyl (C=O) groups excluding carboxylic acids is 1. The highest BCUT2D eigenvalue weighted by Gasteiger charge is 2.39. The summed E-state index contributed by atoms with van der Waals surface area (Å²) in [7, 11) is 0. The molecule has 0 spiro atoms. The third-order valence-corrected chi connectivity index (χ3v) is 5.78. The number of rotatable bonds is 6. The molecule has 3 N–H and O–H groups in total. The Kier molecular flexibility index (Phi) is 6.69. The van der Waals surface area contributed by atoms with Crippen molar-refractivity contribution in [2.24, 2.45) is 0 Å². The lowest BCUT2D eigenvalue weighted by molar-refractivity contribution is -0.139. The predicted molar refractivity (Wildman–Crippen MR) is 114 cm³/mol. The molecule has 0 saturated heterocycles. The van der Waals surface area contributed by atoms with E-state index in [2.05, 4.69) is 21.2 Å². The summed E-state index contributed by atoms with van der Waals surface area (Å²) in [6.07, 6.45) is 4.72. The average molecular weight is 459 g/mol. The molecule has 0 aliphatic heterocycles. The van der Waals surface area contributed by atoms with Crippen LogP contribution in [0.4, 0.5) is 0 Å². The standard InChI is InChI=1S/C22H23BrN2O4/c23-16-9-10-18(29-14-19(26)27)17(13-16)20(28)25-21(24)22(11-5-2-6-12-22)15-7-3-1-4-8-15/h1,3-4,7-10,13H,2,5-6,11-12,14H2,(H,26,27)(H2,24,25,28). The molecule has 1 fully saturated rings. The van der Waals surface area contributed by atoms with Gasteiger partial charge in [0.25, 0.3) is 5.91 Å². The molecule has 1 amide bonds. The maximum absolute atomic E-state index is 13.0. The molecule has 0 aromatic heterocycles. The normalized spacial score (nSPS) is 15.3. The highest BCUT2D eigenvalue weighted by Crippen LogP contribution is 2.40. The van der Waals surface area contributed by atoms with Crippen LogP contribution in [0.3, 0.4) is 0 Å². The van der Waals surface area contributed by atoms with Crippen molar-refractivity contribution in [1.29, 1.82) is 5.41 Å². The Balaban J connectivity index is 1.86. The van der Waals surface area contributed by atoms with Gasteiger partial charge in [-0.05, 0) is 36.6 Å². The van der Waals surface area contributed by atoms with E-state index in [-0.39, 0.29) is 17.1 Å². The van der Waals surface area contributed by atoms with Crippen molar-refractivity contribution in [2.75, 3.05) is 6.61 Å². The van der Waals surface area contributed by atoms with Crippen molar-refractivity contribution in [2.45, 2.75) is 37.5 Å². The highest BCUT2D eigenvalue weighted by atomic mass is 79.9. The van der Waals surface area contributed by atoms with E-state index < -0.39 is 23.9 Å². The average Bonchev–Trinajstić information content (AvgIpc) is 2.73. The third kappa shape index (κ3) is 4.85. The first-order valence-corrected chi connectivity index (χ1v) is 10.3. The highest BCUT2D eigenvalue weighted by molar-refractivity contribution is 9.10. The Bertz CT molecular complexity index is 908. The summed E-state index contributed by atoms with van der Waals surface area (Å²) >= 11 is 3.33. The molecule has 0 radical (unpaired) electrons. The largest absolute Gasteiger partial charge is 0.481 e. The Morgan fingerprint density at radius 1 is 1.10 bits per heavy atom. The van der Waals surface area contributed by atoms with Gasteiger partial charge in [0, 0.05) is 4.47 Å². The van der Waals surface area contributed by atoms with E-state index >= 15 is 0 Å². The van der Waals surface area contributed by atoms with E-state index in [1.807, 2.05) is 30.3 Å². The fourth-order valence-electron chi connectivity index (χ4n) is 3.84. The monoisotopic (exact) mass is 458 g/mol. The number of hydrogen-bond acceptors (Lipinski definition) is 4. The number of amides is 1. The number of amidine groups is 1. The summed E-state index contributed by atoms with van der Waals surface area (Å²) in [6.45, 7) is -0.548. The fourth-order valence-corrected chi connectivity index (χ4v) is 4.20. The van der Waals surface area contributed by atoms with Crippen LogP contribution in [0.25, 0.3) is 0 Å². The second-order valence-electron chi connectivity index (χ2n) is 7.16. The van der Waals surface area contributed by atoms with Crippen LogP contribution in [-0.2, 0) is 10.2 Å². The van der Waals surface area contributed by atoms with Crippen LogP contribution in [0, 0.1) is 5.41 Å². The zero-order valence-electron chi connectivity index (χ0n) is 15.9. The quantitative estimate of drug-likeness (QED) is 0.437. The molecule has 0 heterocycles. The van der Waals surface area contributed by atoms with Crippen LogP contribution in [0.2, 0.25) is 0 Å². The van der Waals surface area contributed by atoms with Gasteiger partial charge in [0.15, 0.2) is 6.61 Å². The molecule has 152 valence electrons. The lowest BCUT2D eigenvalue weighted by Crippen LogP contribution is -2.47. The second-order valence-corrected chi connectivity index (χ2v) is 8.08. The SMILES string of the molecule is N=C(NC(=O)c1cc(Br)ccc1OCC(=O)O)C1(c2ccccc2)CCCCC1. The van der Waals surface area contributed by atoms with Crippen LogP contribution < -0.4 is 10.1 Å². The van der Waals surface area contributed by atoms with E-state index in [4.69, 9.17) is 15.3 Å². The zero-order chi connectivity index (χ0) is 20.9. The number of carboxylic acid groups (broad SMARTS) is 1. The van der Waals surface area contributed by atoms with Gasteiger partial charge < -0.3 is 15.2 Å². The van der Waals surface area contributed by atoms with Gasteiger partial charge >= 0.3 is 5.97 Å². The number of aliphatic carboxylic acids is 1. The van der Waals surface area contributed by atoms with E-state index in [0.717, 1.165) is 37.7 Å². The van der Waals surface area contributed by atoms with Crippen LogP contribution in [0.15, 0.2) is 53.0 Å². The molecule has 0 unspecified atom stereocenters. The first kappa shape index (κ1) is 21.0. The molecule has 1 saturated carbocycles. The van der Waals surface area contributed by atoms with Gasteiger partial charge in [-0.25, -0.2) is 4.79 Å². The van der Waals surface area contributed by atoms with Crippen LogP contribution in [-0.4, -0.2) is 29.4 Å². The summed E-state index contributed by atoms with van der Waals surface area (Å²) in [5.41, 5.74) is 0.689. The minimum Gasteiger partial charge on any atom is -0.481 e. The molecular formula is C22H23BrN2O4. The maximum atomic E-state index is 13.0. The summed E-state index contributed by atoms with van der Waals surface area (Å²) in [6, 6.07) is 14.6. The van der Waals surface area contributed by atoms with Crippen LogP contribution in [0.1, 0.15) is 48.0 Å². The van der Waals surface area contributed by atoms with Gasteiger partial charge in [-0.2, -0.15) is 0 Å². The number of carboxylic acids is 1. The van der Waals surface area contributed by atoms with Crippen molar-refractivity contribution in [3.8, 4) is 5.75 Å². The van der Waals surface area contributed by atoms with Gasteiger partial charge in [0.1, 0.15) is 11.6 Å². The zero-order valence-corrected chi connectivity index (χ0v) is 17.5. The summed E-state index contributed by atoms with van der Waals surface area (Å²) in [4.78, 5) is 23.8. The topological polar surface area (TPSA) is 99.5 Å². The molecule has 0 atom stereocenters. The molecule has 2 aromatic carbocycles. The Labute approximate surface area is 177 Å². The van der Waals surface area contributed by atoms with Crippen molar-refractivity contribution in [1.82, 2.24) is 5.32 Å². The minimum absolute atomic E-state index is 0.164. The first-order chi connectivity index (χ1) is 13.9. The van der Waals surface area contributed by atoms with Crippen molar-refractivity contribution in [3.63, 3.8) is 0 Å².